The zero-order valence-electron chi connectivity index (χ0n) is 14.6. The lowest BCUT2D eigenvalue weighted by Gasteiger charge is -2.11. The molecule has 0 saturated heterocycles. The molecule has 0 unspecified atom stereocenters. The second kappa shape index (κ2) is 9.10. The van der Waals surface area contributed by atoms with Gasteiger partial charge in [0.2, 0.25) is 10.0 Å². The van der Waals surface area contributed by atoms with E-state index in [0.717, 1.165) is 12.0 Å². The van der Waals surface area contributed by atoms with Crippen molar-refractivity contribution in [1.29, 1.82) is 0 Å². The lowest BCUT2D eigenvalue weighted by atomic mass is 10.2. The first-order valence-electron chi connectivity index (χ1n) is 7.98. The van der Waals surface area contributed by atoms with Gasteiger partial charge < -0.3 is 14.2 Å². The first-order valence-corrected chi connectivity index (χ1v) is 9.88. The molecule has 0 aliphatic carbocycles. The molecule has 0 bridgehead atoms. The molecule has 2 aromatic rings. The predicted molar refractivity (Wildman–Crippen MR) is 98.3 cm³/mol. The molecular weight excluding hydrogens is 358 g/mol. The molecule has 0 saturated carbocycles. The normalized spacial score (nSPS) is 10.8. The molecule has 0 fully saturated rings. The van der Waals surface area contributed by atoms with E-state index < -0.39 is 16.0 Å². The summed E-state index contributed by atoms with van der Waals surface area (Å²) in [5.74, 6) is 0.747. The summed E-state index contributed by atoms with van der Waals surface area (Å²) < 4.78 is 41.0. The highest BCUT2D eigenvalue weighted by molar-refractivity contribution is 7.92. The fourth-order valence-electron chi connectivity index (χ4n) is 2.12. The molecule has 0 radical (unpaired) electrons. The van der Waals surface area contributed by atoms with Crippen LogP contribution in [0.3, 0.4) is 0 Å². The molecule has 7 nitrogen and oxygen atoms in total. The van der Waals surface area contributed by atoms with E-state index in [1.807, 2.05) is 6.92 Å². The van der Waals surface area contributed by atoms with Gasteiger partial charge in [-0.2, -0.15) is 0 Å². The van der Waals surface area contributed by atoms with E-state index >= 15 is 0 Å². The number of benzene rings is 2. The van der Waals surface area contributed by atoms with Crippen LogP contribution in [0.15, 0.2) is 48.5 Å². The van der Waals surface area contributed by atoms with Gasteiger partial charge in [-0.1, -0.05) is 12.1 Å². The summed E-state index contributed by atoms with van der Waals surface area (Å²) >= 11 is 0. The Kier molecular flexibility index (Phi) is 6.85. The van der Waals surface area contributed by atoms with E-state index in [0.29, 0.717) is 12.4 Å². The SMILES string of the molecule is CCOc1ccc(OCCOC(=O)c2ccccc2NS(C)(=O)=O)cc1. The van der Waals surface area contributed by atoms with Crippen molar-refractivity contribution < 1.29 is 27.4 Å². The maximum atomic E-state index is 12.2. The summed E-state index contributed by atoms with van der Waals surface area (Å²) in [5, 5.41) is 0. The van der Waals surface area contributed by atoms with Crippen LogP contribution in [-0.4, -0.2) is 40.5 Å². The van der Waals surface area contributed by atoms with Crippen molar-refractivity contribution in [2.75, 3.05) is 30.8 Å². The Hall–Kier alpha value is -2.74. The second-order valence-corrected chi connectivity index (χ2v) is 7.06. The van der Waals surface area contributed by atoms with Crippen LogP contribution in [0, 0.1) is 0 Å². The fourth-order valence-corrected chi connectivity index (χ4v) is 2.70. The standard InChI is InChI=1S/C18H21NO6S/c1-3-23-14-8-10-15(11-9-14)24-12-13-25-18(20)16-6-4-5-7-17(16)19-26(2,21)22/h4-11,19H,3,12-13H2,1-2H3. The van der Waals surface area contributed by atoms with E-state index in [2.05, 4.69) is 4.72 Å². The van der Waals surface area contributed by atoms with Crippen LogP contribution < -0.4 is 14.2 Å². The van der Waals surface area contributed by atoms with Crippen molar-refractivity contribution in [1.82, 2.24) is 0 Å². The first kappa shape index (κ1) is 19.6. The largest absolute Gasteiger partial charge is 0.494 e. The number of anilines is 1. The summed E-state index contributed by atoms with van der Waals surface area (Å²) in [5.41, 5.74) is 0.312. The van der Waals surface area contributed by atoms with Crippen molar-refractivity contribution in [3.63, 3.8) is 0 Å². The molecule has 0 spiro atoms. The van der Waals surface area contributed by atoms with E-state index in [1.54, 1.807) is 36.4 Å². The number of ether oxygens (including phenoxy) is 3. The average Bonchev–Trinajstić information content (AvgIpc) is 2.59. The zero-order chi connectivity index (χ0) is 19.0. The van der Waals surface area contributed by atoms with Crippen LogP contribution >= 0.6 is 0 Å². The molecule has 0 heterocycles. The minimum absolute atomic E-state index is 0.0270. The molecule has 0 aliphatic heterocycles. The monoisotopic (exact) mass is 379 g/mol. The number of rotatable bonds is 9. The number of esters is 1. The fraction of sp³-hybridized carbons (Fsp3) is 0.278. The maximum absolute atomic E-state index is 12.2. The predicted octanol–water partition coefficient (Wildman–Crippen LogP) is 2.69. The molecule has 2 rings (SSSR count). The number of sulfonamides is 1. The third-order valence-corrected chi connectivity index (χ3v) is 3.75. The Morgan fingerprint density at radius 2 is 1.58 bits per heavy atom. The second-order valence-electron chi connectivity index (χ2n) is 5.31. The van der Waals surface area contributed by atoms with Crippen LogP contribution in [0.1, 0.15) is 17.3 Å². The molecule has 0 aromatic heterocycles. The van der Waals surface area contributed by atoms with Crippen molar-refractivity contribution in [2.45, 2.75) is 6.92 Å². The molecule has 140 valence electrons. The summed E-state index contributed by atoms with van der Waals surface area (Å²) in [4.78, 5) is 12.2. The molecule has 8 heteroatoms. The molecule has 1 N–H and O–H groups in total. The van der Waals surface area contributed by atoms with Gasteiger partial charge in [-0.3, -0.25) is 4.72 Å². The van der Waals surface area contributed by atoms with Gasteiger partial charge in [0.25, 0.3) is 0 Å². The van der Waals surface area contributed by atoms with Crippen LogP contribution in [0.4, 0.5) is 5.69 Å². The Morgan fingerprint density at radius 1 is 0.962 bits per heavy atom. The summed E-state index contributed by atoms with van der Waals surface area (Å²) in [6.45, 7) is 2.69. The van der Waals surface area contributed by atoms with Gasteiger partial charge in [0, 0.05) is 0 Å². The van der Waals surface area contributed by atoms with Gasteiger partial charge in [0.1, 0.15) is 24.7 Å². The first-order chi connectivity index (χ1) is 12.4. The van der Waals surface area contributed by atoms with Gasteiger partial charge in [-0.25, -0.2) is 13.2 Å². The maximum Gasteiger partial charge on any atom is 0.340 e. The van der Waals surface area contributed by atoms with Crippen molar-refractivity contribution in [3.8, 4) is 11.5 Å². The van der Waals surface area contributed by atoms with Gasteiger partial charge in [0.15, 0.2) is 0 Å². The smallest absolute Gasteiger partial charge is 0.340 e. The molecule has 0 amide bonds. The van der Waals surface area contributed by atoms with E-state index in [-0.39, 0.29) is 24.5 Å². The summed E-state index contributed by atoms with van der Waals surface area (Å²) in [6.07, 6.45) is 1.01. The Balaban J connectivity index is 1.85. The Bertz CT molecular complexity index is 833. The third kappa shape index (κ3) is 6.29. The quantitative estimate of drug-likeness (QED) is 0.532. The summed E-state index contributed by atoms with van der Waals surface area (Å²) in [6, 6.07) is 13.3. The highest BCUT2D eigenvalue weighted by Crippen LogP contribution is 2.18. The molecule has 2 aromatic carbocycles. The number of para-hydroxylation sites is 1. The van der Waals surface area contributed by atoms with Gasteiger partial charge in [-0.05, 0) is 43.3 Å². The van der Waals surface area contributed by atoms with Gasteiger partial charge in [0.05, 0.1) is 24.1 Å². The topological polar surface area (TPSA) is 90.9 Å². The number of carbonyl (C=O) groups excluding carboxylic acids is 1. The molecule has 0 atom stereocenters. The zero-order valence-corrected chi connectivity index (χ0v) is 15.4. The lowest BCUT2D eigenvalue weighted by molar-refractivity contribution is 0.0451. The van der Waals surface area contributed by atoms with E-state index in [9.17, 15) is 13.2 Å². The van der Waals surface area contributed by atoms with Crippen LogP contribution in [0.2, 0.25) is 0 Å². The number of hydrogen-bond acceptors (Lipinski definition) is 6. The molecular formula is C18H21NO6S. The Labute approximate surface area is 152 Å². The minimum atomic E-state index is -3.49. The molecule has 26 heavy (non-hydrogen) atoms. The third-order valence-electron chi connectivity index (χ3n) is 3.16. The highest BCUT2D eigenvalue weighted by Gasteiger charge is 2.14. The van der Waals surface area contributed by atoms with Crippen molar-refractivity contribution in [2.24, 2.45) is 0 Å². The van der Waals surface area contributed by atoms with Gasteiger partial charge >= 0.3 is 5.97 Å². The number of carbonyl (C=O) groups is 1. The van der Waals surface area contributed by atoms with Crippen LogP contribution in [0.5, 0.6) is 11.5 Å². The minimum Gasteiger partial charge on any atom is -0.494 e. The van der Waals surface area contributed by atoms with Crippen molar-refractivity contribution >= 4 is 21.7 Å². The van der Waals surface area contributed by atoms with E-state index in [4.69, 9.17) is 14.2 Å². The number of nitrogens with one attached hydrogen (secondary N) is 1. The highest BCUT2D eigenvalue weighted by atomic mass is 32.2. The Morgan fingerprint density at radius 3 is 2.19 bits per heavy atom. The molecule has 0 aliphatic rings. The average molecular weight is 379 g/mol. The summed E-state index contributed by atoms with van der Waals surface area (Å²) in [7, 11) is -3.49. The lowest BCUT2D eigenvalue weighted by Crippen LogP contribution is -2.16. The van der Waals surface area contributed by atoms with Crippen molar-refractivity contribution in [3.05, 3.63) is 54.1 Å². The number of hydrogen-bond donors (Lipinski definition) is 1. The van der Waals surface area contributed by atoms with Crippen LogP contribution in [-0.2, 0) is 14.8 Å². The van der Waals surface area contributed by atoms with Gasteiger partial charge in [-0.15, -0.1) is 0 Å². The van der Waals surface area contributed by atoms with E-state index in [1.165, 1.54) is 12.1 Å². The van der Waals surface area contributed by atoms with Crippen LogP contribution in [0.25, 0.3) is 0 Å².